The van der Waals surface area contributed by atoms with Gasteiger partial charge in [0, 0.05) is 46.7 Å². The molecule has 4 rings (SSSR count). The van der Waals surface area contributed by atoms with E-state index in [-0.39, 0.29) is 5.92 Å². The van der Waals surface area contributed by atoms with Crippen molar-refractivity contribution in [3.8, 4) is 10.4 Å². The predicted molar refractivity (Wildman–Crippen MR) is 112 cm³/mol. The van der Waals surface area contributed by atoms with Crippen LogP contribution in [0.2, 0.25) is 4.34 Å². The lowest BCUT2D eigenvalue weighted by Gasteiger charge is -2.35. The minimum atomic E-state index is 0.264. The van der Waals surface area contributed by atoms with Crippen LogP contribution in [0.5, 0.6) is 0 Å². The maximum Gasteiger partial charge on any atom is 0.0934 e. The molecule has 0 N–H and O–H groups in total. The number of fused-ring (bicyclic) bond motifs is 1. The highest BCUT2D eigenvalue weighted by molar-refractivity contribution is 7.16. The third-order valence-corrected chi connectivity index (χ3v) is 7.12. The average Bonchev–Trinajstić information content (AvgIpc) is 3.30. The fourth-order valence-corrected chi connectivity index (χ4v) is 6.01. The van der Waals surface area contributed by atoms with E-state index in [1.54, 1.807) is 22.7 Å². The van der Waals surface area contributed by atoms with Gasteiger partial charge in [-0.2, -0.15) is 5.10 Å². The summed E-state index contributed by atoms with van der Waals surface area (Å²) < 4.78 is 2.73. The Morgan fingerprint density at radius 2 is 2.23 bits per heavy atom. The van der Waals surface area contributed by atoms with Gasteiger partial charge in [-0.25, -0.2) is 0 Å². The van der Waals surface area contributed by atoms with Crippen LogP contribution < -0.4 is 0 Å². The summed E-state index contributed by atoms with van der Waals surface area (Å²) >= 11 is 9.81. The second-order valence-electron chi connectivity index (χ2n) is 6.56. The van der Waals surface area contributed by atoms with E-state index in [9.17, 15) is 0 Å². The molecule has 0 amide bonds. The second kappa shape index (κ2) is 6.72. The molecule has 0 aliphatic carbocycles. The van der Waals surface area contributed by atoms with Gasteiger partial charge >= 0.3 is 0 Å². The summed E-state index contributed by atoms with van der Waals surface area (Å²) in [6.45, 7) is 11.8. The van der Waals surface area contributed by atoms with E-state index < -0.39 is 0 Å². The number of allylic oxidation sites excluding steroid dienone is 1. The molecule has 3 aromatic rings. The fraction of sp³-hybridized carbons (Fsp3) is 0.250. The second-order valence-corrected chi connectivity index (χ2v) is 9.25. The van der Waals surface area contributed by atoms with Crippen LogP contribution in [0.3, 0.4) is 0 Å². The number of rotatable bonds is 4. The quantitative estimate of drug-likeness (QED) is 0.513. The molecule has 0 radical (unpaired) electrons. The summed E-state index contributed by atoms with van der Waals surface area (Å²) in [6.07, 6.45) is 3.94. The molecule has 1 aliphatic rings. The van der Waals surface area contributed by atoms with E-state index in [1.165, 1.54) is 26.4 Å². The molecule has 134 valence electrons. The van der Waals surface area contributed by atoms with Crippen LogP contribution in [0.25, 0.3) is 10.4 Å². The minimum absolute atomic E-state index is 0.264. The summed E-state index contributed by atoms with van der Waals surface area (Å²) in [5.41, 5.74) is 5.90. The first-order valence-electron chi connectivity index (χ1n) is 8.40. The SMILES string of the molecule is C=CC(=C)N1Cc2sc(Cl)cc2C(c2ccsc2-c2cn(C)nc2C)C1. The molecule has 0 fully saturated rings. The molecule has 0 bridgehead atoms. The highest BCUT2D eigenvalue weighted by Crippen LogP contribution is 2.45. The number of hydrogen-bond donors (Lipinski definition) is 0. The van der Waals surface area contributed by atoms with E-state index in [0.29, 0.717) is 0 Å². The molecule has 0 saturated carbocycles. The number of thiophene rings is 2. The van der Waals surface area contributed by atoms with Crippen molar-refractivity contribution in [1.29, 1.82) is 0 Å². The Kier molecular flexibility index (Phi) is 4.55. The molecule has 26 heavy (non-hydrogen) atoms. The number of aromatic nitrogens is 2. The standard InChI is InChI=1S/C20H20ClN3S2/c1-5-12(2)24-10-17(15-8-19(21)26-18(15)11-24)14-6-7-25-20(14)16-9-23(4)22-13(16)3/h5-9,17H,1-2,10-11H2,3-4H3. The first-order chi connectivity index (χ1) is 12.5. The highest BCUT2D eigenvalue weighted by Gasteiger charge is 2.31. The van der Waals surface area contributed by atoms with Crippen molar-refractivity contribution in [2.24, 2.45) is 7.05 Å². The van der Waals surface area contributed by atoms with Gasteiger partial charge in [0.1, 0.15) is 0 Å². The first kappa shape index (κ1) is 17.6. The van der Waals surface area contributed by atoms with Crippen molar-refractivity contribution >= 4 is 34.3 Å². The van der Waals surface area contributed by atoms with Gasteiger partial charge in [-0.3, -0.25) is 4.68 Å². The minimum Gasteiger partial charge on any atom is -0.366 e. The van der Waals surface area contributed by atoms with E-state index >= 15 is 0 Å². The highest BCUT2D eigenvalue weighted by atomic mass is 35.5. The molecular formula is C20H20ClN3S2. The van der Waals surface area contributed by atoms with Crippen molar-refractivity contribution < 1.29 is 0 Å². The average molecular weight is 402 g/mol. The van der Waals surface area contributed by atoms with Crippen LogP contribution in [0, 0.1) is 6.92 Å². The first-order valence-corrected chi connectivity index (χ1v) is 10.5. The van der Waals surface area contributed by atoms with Gasteiger partial charge in [-0.1, -0.05) is 24.8 Å². The number of aryl methyl sites for hydroxylation is 2. The third-order valence-electron chi connectivity index (χ3n) is 4.90. The van der Waals surface area contributed by atoms with Gasteiger partial charge in [0.25, 0.3) is 0 Å². The van der Waals surface area contributed by atoms with Crippen molar-refractivity contribution in [1.82, 2.24) is 14.7 Å². The normalized spacial score (nSPS) is 16.6. The molecule has 6 heteroatoms. The maximum absolute atomic E-state index is 6.37. The largest absolute Gasteiger partial charge is 0.366 e. The van der Waals surface area contributed by atoms with E-state index in [4.69, 9.17) is 11.6 Å². The Balaban J connectivity index is 1.82. The zero-order chi connectivity index (χ0) is 18.4. The fourth-order valence-electron chi connectivity index (χ4n) is 3.63. The zero-order valence-corrected chi connectivity index (χ0v) is 17.2. The summed E-state index contributed by atoms with van der Waals surface area (Å²) in [5, 5.41) is 6.70. The molecule has 1 aliphatic heterocycles. The lowest BCUT2D eigenvalue weighted by atomic mass is 9.87. The van der Waals surface area contributed by atoms with Crippen molar-refractivity contribution in [3.05, 3.63) is 74.7 Å². The number of nitrogens with zero attached hydrogens (tertiary/aromatic N) is 3. The van der Waals surface area contributed by atoms with Crippen LogP contribution in [0.15, 0.2) is 48.6 Å². The number of hydrogen-bond acceptors (Lipinski definition) is 4. The van der Waals surface area contributed by atoms with Gasteiger partial charge in [0.2, 0.25) is 0 Å². The van der Waals surface area contributed by atoms with Crippen LogP contribution >= 0.6 is 34.3 Å². The lowest BCUT2D eigenvalue weighted by molar-refractivity contribution is 0.319. The van der Waals surface area contributed by atoms with Crippen LogP contribution in [-0.4, -0.2) is 21.2 Å². The Hall–Kier alpha value is -1.82. The van der Waals surface area contributed by atoms with Crippen LogP contribution in [-0.2, 0) is 13.6 Å². The topological polar surface area (TPSA) is 21.1 Å². The van der Waals surface area contributed by atoms with Crippen molar-refractivity contribution in [3.63, 3.8) is 0 Å². The Labute approximate surface area is 166 Å². The van der Waals surface area contributed by atoms with E-state index in [0.717, 1.165) is 28.8 Å². The van der Waals surface area contributed by atoms with Gasteiger partial charge in [0.15, 0.2) is 0 Å². The molecule has 1 atom stereocenters. The van der Waals surface area contributed by atoms with Crippen LogP contribution in [0.1, 0.15) is 27.6 Å². The number of halogens is 1. The molecule has 0 aromatic carbocycles. The summed E-state index contributed by atoms with van der Waals surface area (Å²) in [6, 6.07) is 4.38. The molecule has 3 nitrogen and oxygen atoms in total. The maximum atomic E-state index is 6.37. The Morgan fingerprint density at radius 3 is 2.92 bits per heavy atom. The molecule has 1 unspecified atom stereocenters. The summed E-state index contributed by atoms with van der Waals surface area (Å²) in [5.74, 6) is 0.264. The third kappa shape index (κ3) is 2.94. The van der Waals surface area contributed by atoms with E-state index in [1.807, 2.05) is 17.8 Å². The van der Waals surface area contributed by atoms with Gasteiger partial charge < -0.3 is 4.90 Å². The lowest BCUT2D eigenvalue weighted by Crippen LogP contribution is -2.31. The molecule has 0 saturated heterocycles. The predicted octanol–water partition coefficient (Wildman–Crippen LogP) is 5.82. The summed E-state index contributed by atoms with van der Waals surface area (Å²) in [4.78, 5) is 4.90. The van der Waals surface area contributed by atoms with Crippen molar-refractivity contribution in [2.75, 3.05) is 6.54 Å². The summed E-state index contributed by atoms with van der Waals surface area (Å²) in [7, 11) is 1.97. The smallest absolute Gasteiger partial charge is 0.0934 e. The van der Waals surface area contributed by atoms with Gasteiger partial charge in [0.05, 0.1) is 16.6 Å². The van der Waals surface area contributed by atoms with E-state index in [2.05, 4.69) is 53.8 Å². The Morgan fingerprint density at radius 1 is 1.42 bits per heavy atom. The van der Waals surface area contributed by atoms with Crippen molar-refractivity contribution in [2.45, 2.75) is 19.4 Å². The van der Waals surface area contributed by atoms with Gasteiger partial charge in [-0.05, 0) is 41.6 Å². The van der Waals surface area contributed by atoms with Gasteiger partial charge in [-0.15, -0.1) is 22.7 Å². The molecule has 3 aromatic heterocycles. The molecule has 4 heterocycles. The monoisotopic (exact) mass is 401 g/mol. The van der Waals surface area contributed by atoms with Crippen LogP contribution in [0.4, 0.5) is 0 Å². The molecular weight excluding hydrogens is 382 g/mol. The molecule has 0 spiro atoms. The zero-order valence-electron chi connectivity index (χ0n) is 14.8. The Bertz CT molecular complexity index is 995.